The number of sulfonamides is 1. The topological polar surface area (TPSA) is 60.9 Å². The molecule has 0 unspecified atom stereocenters. The van der Waals surface area contributed by atoms with Crippen LogP contribution in [0.3, 0.4) is 0 Å². The number of amides is 1. The zero-order valence-electron chi connectivity index (χ0n) is 21.4. The average molecular weight is 552 g/mol. The summed E-state index contributed by atoms with van der Waals surface area (Å²) in [6, 6.07) is 21.0. The highest BCUT2D eigenvalue weighted by molar-refractivity contribution is 7.92. The van der Waals surface area contributed by atoms with Gasteiger partial charge in [0.05, 0.1) is 21.1 Å². The second-order valence-electron chi connectivity index (χ2n) is 9.45. The van der Waals surface area contributed by atoms with E-state index in [-0.39, 0.29) is 16.6 Å². The lowest BCUT2D eigenvalue weighted by atomic mass is 10.2. The Labute approximate surface area is 227 Å². The summed E-state index contributed by atoms with van der Waals surface area (Å²) >= 11 is 1.41. The number of para-hydroxylation sites is 1. The van der Waals surface area contributed by atoms with Gasteiger partial charge in [0.1, 0.15) is 5.82 Å². The molecule has 0 spiro atoms. The molecule has 0 bridgehead atoms. The van der Waals surface area contributed by atoms with Crippen molar-refractivity contribution in [2.45, 2.75) is 25.2 Å². The number of carbonyl (C=O) groups excluding carboxylic acids is 1. The van der Waals surface area contributed by atoms with Gasteiger partial charge in [-0.25, -0.2) is 12.8 Å². The molecule has 1 amide bonds. The monoisotopic (exact) mass is 551 g/mol. The first kappa shape index (κ1) is 26.2. The lowest BCUT2D eigenvalue weighted by Gasteiger charge is -2.36. The van der Waals surface area contributed by atoms with Crippen LogP contribution in [0.25, 0.3) is 10.1 Å². The van der Waals surface area contributed by atoms with E-state index < -0.39 is 10.0 Å². The summed E-state index contributed by atoms with van der Waals surface area (Å²) in [5.41, 5.74) is 2.14. The number of rotatable bonds is 7. The third-order valence-electron chi connectivity index (χ3n) is 6.79. The molecule has 1 saturated heterocycles. The van der Waals surface area contributed by atoms with Crippen LogP contribution in [0.2, 0.25) is 0 Å². The summed E-state index contributed by atoms with van der Waals surface area (Å²) in [5.74, 6) is -0.312. The molecule has 4 aromatic rings. The molecular formula is C29H30FN3O3S2. The normalized spacial score (nSPS) is 14.2. The molecule has 5 rings (SSSR count). The van der Waals surface area contributed by atoms with Crippen molar-refractivity contribution in [2.24, 2.45) is 0 Å². The largest absolute Gasteiger partial charge is 0.366 e. The molecular weight excluding hydrogens is 521 g/mol. The number of fused-ring (bicyclic) bond motifs is 1. The SMILES string of the molecule is CCCN(c1ccc2sc(C(=O)N3CCN(c4ccccc4F)CC3)cc2c1)S(=O)(=O)c1ccc(C)cc1. The van der Waals surface area contributed by atoms with Crippen LogP contribution in [0.15, 0.2) is 77.7 Å². The fourth-order valence-electron chi connectivity index (χ4n) is 4.73. The van der Waals surface area contributed by atoms with Crippen molar-refractivity contribution in [2.75, 3.05) is 41.9 Å². The van der Waals surface area contributed by atoms with E-state index in [4.69, 9.17) is 0 Å². The molecule has 9 heteroatoms. The number of halogens is 1. The molecule has 2 heterocycles. The maximum absolute atomic E-state index is 14.2. The van der Waals surface area contributed by atoms with Crippen molar-refractivity contribution in [1.82, 2.24) is 4.90 Å². The van der Waals surface area contributed by atoms with E-state index in [0.29, 0.717) is 55.4 Å². The quantitative estimate of drug-likeness (QED) is 0.286. The summed E-state index contributed by atoms with van der Waals surface area (Å²) in [7, 11) is -3.73. The van der Waals surface area contributed by atoms with Crippen LogP contribution < -0.4 is 9.21 Å². The van der Waals surface area contributed by atoms with Gasteiger partial charge in [0, 0.05) is 37.4 Å². The number of thiophene rings is 1. The van der Waals surface area contributed by atoms with Gasteiger partial charge in [-0.3, -0.25) is 9.10 Å². The van der Waals surface area contributed by atoms with Gasteiger partial charge < -0.3 is 9.80 Å². The molecule has 1 aliphatic rings. The van der Waals surface area contributed by atoms with Crippen LogP contribution in [-0.2, 0) is 10.0 Å². The van der Waals surface area contributed by atoms with Crippen LogP contribution in [0.1, 0.15) is 28.6 Å². The minimum Gasteiger partial charge on any atom is -0.366 e. The van der Waals surface area contributed by atoms with Crippen LogP contribution in [0.4, 0.5) is 15.8 Å². The molecule has 0 atom stereocenters. The van der Waals surface area contributed by atoms with E-state index in [0.717, 1.165) is 15.6 Å². The van der Waals surface area contributed by atoms with Crippen LogP contribution in [0.5, 0.6) is 0 Å². The zero-order valence-corrected chi connectivity index (χ0v) is 23.1. The van der Waals surface area contributed by atoms with Gasteiger partial charge in [0.15, 0.2) is 0 Å². The van der Waals surface area contributed by atoms with Crippen molar-refractivity contribution in [3.63, 3.8) is 0 Å². The highest BCUT2D eigenvalue weighted by Crippen LogP contribution is 2.33. The van der Waals surface area contributed by atoms with Gasteiger partial charge in [-0.05, 0) is 67.3 Å². The number of aryl methyl sites for hydroxylation is 1. The van der Waals surface area contributed by atoms with E-state index in [1.54, 1.807) is 41.3 Å². The summed E-state index contributed by atoms with van der Waals surface area (Å²) in [4.78, 5) is 17.9. The minimum absolute atomic E-state index is 0.0568. The second-order valence-corrected chi connectivity index (χ2v) is 12.4. The van der Waals surface area contributed by atoms with E-state index in [9.17, 15) is 17.6 Å². The Morgan fingerprint density at radius 3 is 2.37 bits per heavy atom. The van der Waals surface area contributed by atoms with Crippen molar-refractivity contribution < 1.29 is 17.6 Å². The van der Waals surface area contributed by atoms with E-state index in [1.165, 1.54) is 21.7 Å². The van der Waals surface area contributed by atoms with Gasteiger partial charge in [0.25, 0.3) is 15.9 Å². The maximum atomic E-state index is 14.2. The Morgan fingerprint density at radius 2 is 1.68 bits per heavy atom. The second kappa shape index (κ2) is 10.7. The van der Waals surface area contributed by atoms with Crippen LogP contribution >= 0.6 is 11.3 Å². The third kappa shape index (κ3) is 5.13. The van der Waals surface area contributed by atoms with Gasteiger partial charge in [-0.2, -0.15) is 0 Å². The first-order valence-electron chi connectivity index (χ1n) is 12.7. The summed E-state index contributed by atoms with van der Waals surface area (Å²) in [6.07, 6.45) is 0.662. The Hall–Kier alpha value is -3.43. The molecule has 6 nitrogen and oxygen atoms in total. The fraction of sp³-hybridized carbons (Fsp3) is 0.276. The maximum Gasteiger partial charge on any atom is 0.264 e. The predicted octanol–water partition coefficient (Wildman–Crippen LogP) is 5.92. The van der Waals surface area contributed by atoms with Gasteiger partial charge in [0.2, 0.25) is 0 Å². The molecule has 0 radical (unpaired) electrons. The number of anilines is 2. The van der Waals surface area contributed by atoms with Crippen molar-refractivity contribution in [1.29, 1.82) is 0 Å². The Bertz CT molecular complexity index is 1560. The van der Waals surface area contributed by atoms with Gasteiger partial charge in [-0.1, -0.05) is 36.8 Å². The molecule has 0 saturated carbocycles. The standard InChI is InChI=1S/C29H30FN3O3S2/c1-3-14-33(38(35,36)24-11-8-21(2)9-12-24)23-10-13-27-22(19-23)20-28(37-27)29(34)32-17-15-31(16-18-32)26-7-5-4-6-25(26)30/h4-13,19-20H,3,14-18H2,1-2H3. The first-order valence-corrected chi connectivity index (χ1v) is 15.0. The molecule has 0 aliphatic carbocycles. The third-order valence-corrected chi connectivity index (χ3v) is 9.74. The zero-order chi connectivity index (χ0) is 26.9. The Kier molecular flexibility index (Phi) is 7.40. The van der Waals surface area contributed by atoms with E-state index in [2.05, 4.69) is 0 Å². The predicted molar refractivity (Wildman–Crippen MR) is 152 cm³/mol. The molecule has 198 valence electrons. The van der Waals surface area contributed by atoms with Gasteiger partial charge >= 0.3 is 0 Å². The Balaban J connectivity index is 1.36. The number of piperazine rings is 1. The molecule has 38 heavy (non-hydrogen) atoms. The lowest BCUT2D eigenvalue weighted by molar-refractivity contribution is 0.0751. The van der Waals surface area contributed by atoms with E-state index >= 15 is 0 Å². The number of hydrogen-bond donors (Lipinski definition) is 0. The lowest BCUT2D eigenvalue weighted by Crippen LogP contribution is -2.48. The van der Waals surface area contributed by atoms with Crippen molar-refractivity contribution >= 4 is 48.7 Å². The summed E-state index contributed by atoms with van der Waals surface area (Å²) < 4.78 is 43.5. The minimum atomic E-state index is -3.73. The highest BCUT2D eigenvalue weighted by atomic mass is 32.2. The number of hydrogen-bond acceptors (Lipinski definition) is 5. The Morgan fingerprint density at radius 1 is 0.974 bits per heavy atom. The molecule has 1 aliphatic heterocycles. The summed E-state index contributed by atoms with van der Waals surface area (Å²) in [5, 5.41) is 0.834. The fourth-order valence-corrected chi connectivity index (χ4v) is 7.29. The smallest absolute Gasteiger partial charge is 0.264 e. The van der Waals surface area contributed by atoms with Crippen LogP contribution in [0, 0.1) is 12.7 Å². The van der Waals surface area contributed by atoms with Crippen LogP contribution in [-0.4, -0.2) is 51.9 Å². The summed E-state index contributed by atoms with van der Waals surface area (Å²) in [6.45, 7) is 6.35. The average Bonchev–Trinajstić information content (AvgIpc) is 3.35. The molecule has 0 N–H and O–H groups in total. The number of nitrogens with zero attached hydrogens (tertiary/aromatic N) is 3. The highest BCUT2D eigenvalue weighted by Gasteiger charge is 2.27. The number of benzene rings is 3. The van der Waals surface area contributed by atoms with E-state index in [1.807, 2.05) is 49.1 Å². The van der Waals surface area contributed by atoms with Crippen molar-refractivity contribution in [3.8, 4) is 0 Å². The van der Waals surface area contributed by atoms with Crippen molar-refractivity contribution in [3.05, 3.63) is 89.1 Å². The van der Waals surface area contributed by atoms with Gasteiger partial charge in [-0.15, -0.1) is 11.3 Å². The molecule has 1 aromatic heterocycles. The molecule has 1 fully saturated rings. The number of carbonyl (C=O) groups is 1. The first-order chi connectivity index (χ1) is 18.3. The molecule has 3 aromatic carbocycles.